The van der Waals surface area contributed by atoms with Crippen LogP contribution in [0.5, 0.6) is 5.75 Å². The van der Waals surface area contributed by atoms with Crippen LogP contribution in [-0.4, -0.2) is 28.9 Å². The molecule has 0 aliphatic rings. The van der Waals surface area contributed by atoms with Gasteiger partial charge in [-0.15, -0.1) is 0 Å². The second kappa shape index (κ2) is 7.53. The van der Waals surface area contributed by atoms with E-state index in [1.165, 1.54) is 30.3 Å². The van der Waals surface area contributed by atoms with E-state index in [9.17, 15) is 9.59 Å². The van der Waals surface area contributed by atoms with Crippen molar-refractivity contribution < 1.29 is 24.4 Å². The Morgan fingerprint density at radius 3 is 2.17 bits per heavy atom. The minimum absolute atomic E-state index is 0.0912. The van der Waals surface area contributed by atoms with Crippen LogP contribution in [0.15, 0.2) is 61.2 Å². The van der Waals surface area contributed by atoms with Gasteiger partial charge >= 0.3 is 13.1 Å². The van der Waals surface area contributed by atoms with Crippen molar-refractivity contribution in [3.63, 3.8) is 0 Å². The van der Waals surface area contributed by atoms with E-state index in [0.29, 0.717) is 16.8 Å². The van der Waals surface area contributed by atoms with Crippen molar-refractivity contribution in [2.75, 3.05) is 0 Å². The summed E-state index contributed by atoms with van der Waals surface area (Å²) in [7, 11) is -1.56. The molecule has 23 heavy (non-hydrogen) atoms. The van der Waals surface area contributed by atoms with Crippen LogP contribution in [0.1, 0.15) is 15.9 Å². The van der Waals surface area contributed by atoms with E-state index < -0.39 is 13.1 Å². The molecule has 0 radical (unpaired) electrons. The molecule has 0 fully saturated rings. The van der Waals surface area contributed by atoms with Gasteiger partial charge in [0.1, 0.15) is 5.75 Å². The van der Waals surface area contributed by atoms with Gasteiger partial charge in [-0.05, 0) is 41.4 Å². The summed E-state index contributed by atoms with van der Waals surface area (Å²) >= 11 is 0. The first-order valence-corrected chi connectivity index (χ1v) is 6.92. The zero-order valence-electron chi connectivity index (χ0n) is 12.3. The van der Waals surface area contributed by atoms with Crippen molar-refractivity contribution in [2.45, 2.75) is 6.42 Å². The van der Waals surface area contributed by atoms with E-state index in [1.54, 1.807) is 24.3 Å². The summed E-state index contributed by atoms with van der Waals surface area (Å²) in [6.07, 6.45) is 1.50. The van der Waals surface area contributed by atoms with E-state index in [-0.39, 0.29) is 12.2 Å². The molecule has 5 nitrogen and oxygen atoms in total. The monoisotopic (exact) mass is 310 g/mol. The Kier molecular flexibility index (Phi) is 5.46. The molecule has 0 bridgehead atoms. The average molecular weight is 310 g/mol. The molecule has 2 aromatic carbocycles. The van der Waals surface area contributed by atoms with Crippen LogP contribution in [0, 0.1) is 0 Å². The number of hydrogen-bond acceptors (Lipinski definition) is 5. The first-order chi connectivity index (χ1) is 11.0. The second-order valence-electron chi connectivity index (χ2n) is 4.88. The standard InChI is InChI=1S/C17H15BO5/c1-2-15(19)11-12-3-5-13(6-4-12)17(20)23-16-9-7-14(8-10-16)18(21)22/h2-10,21-22H,1,11H2. The van der Waals surface area contributed by atoms with Crippen LogP contribution in [0.3, 0.4) is 0 Å². The van der Waals surface area contributed by atoms with Gasteiger partial charge in [0.05, 0.1) is 5.56 Å². The van der Waals surface area contributed by atoms with Crippen LogP contribution >= 0.6 is 0 Å². The Bertz CT molecular complexity index is 705. The predicted molar refractivity (Wildman–Crippen MR) is 86.6 cm³/mol. The average Bonchev–Trinajstić information content (AvgIpc) is 2.55. The van der Waals surface area contributed by atoms with E-state index >= 15 is 0 Å². The van der Waals surface area contributed by atoms with Gasteiger partial charge in [-0.2, -0.15) is 0 Å². The largest absolute Gasteiger partial charge is 0.488 e. The molecule has 2 aromatic rings. The van der Waals surface area contributed by atoms with Crippen LogP contribution in [0.4, 0.5) is 0 Å². The fourth-order valence-electron chi connectivity index (χ4n) is 1.91. The van der Waals surface area contributed by atoms with Crippen molar-refractivity contribution in [3.05, 3.63) is 72.3 Å². The molecule has 0 saturated carbocycles. The lowest BCUT2D eigenvalue weighted by atomic mass is 9.80. The van der Waals surface area contributed by atoms with Gasteiger partial charge < -0.3 is 14.8 Å². The molecule has 0 heterocycles. The number of hydrogen-bond donors (Lipinski definition) is 2. The Morgan fingerprint density at radius 1 is 1.04 bits per heavy atom. The number of allylic oxidation sites excluding steroid dienone is 1. The van der Waals surface area contributed by atoms with Gasteiger partial charge in [0.15, 0.2) is 5.78 Å². The summed E-state index contributed by atoms with van der Waals surface area (Å²) in [6.45, 7) is 3.41. The third kappa shape index (κ3) is 4.64. The normalized spacial score (nSPS) is 10.0. The van der Waals surface area contributed by atoms with E-state index in [1.807, 2.05) is 0 Å². The molecule has 0 spiro atoms. The van der Waals surface area contributed by atoms with E-state index in [0.717, 1.165) is 5.56 Å². The Labute approximate surface area is 134 Å². The lowest BCUT2D eigenvalue weighted by Gasteiger charge is -2.06. The van der Waals surface area contributed by atoms with Crippen LogP contribution in [-0.2, 0) is 11.2 Å². The molecule has 0 saturated heterocycles. The number of ketones is 1. The molecule has 0 aliphatic carbocycles. The first kappa shape index (κ1) is 16.7. The Hall–Kier alpha value is -2.70. The summed E-state index contributed by atoms with van der Waals surface area (Å²) < 4.78 is 5.19. The molecule has 0 atom stereocenters. The minimum Gasteiger partial charge on any atom is -0.423 e. The molecular formula is C17H15BO5. The van der Waals surface area contributed by atoms with Gasteiger partial charge in [0.2, 0.25) is 0 Å². The minimum atomic E-state index is -1.56. The summed E-state index contributed by atoms with van der Waals surface area (Å²) in [5, 5.41) is 18.0. The number of carbonyl (C=O) groups is 2. The summed E-state index contributed by atoms with van der Waals surface area (Å²) in [6, 6.07) is 12.4. The zero-order valence-corrected chi connectivity index (χ0v) is 12.3. The van der Waals surface area contributed by atoms with E-state index in [2.05, 4.69) is 6.58 Å². The maximum absolute atomic E-state index is 12.0. The fraction of sp³-hybridized carbons (Fsp3) is 0.0588. The summed E-state index contributed by atoms with van der Waals surface area (Å²) in [5.74, 6) is -0.333. The third-order valence-corrected chi connectivity index (χ3v) is 3.18. The topological polar surface area (TPSA) is 83.8 Å². The van der Waals surface area contributed by atoms with Gasteiger partial charge in [-0.1, -0.05) is 30.8 Å². The molecule has 0 amide bonds. The smallest absolute Gasteiger partial charge is 0.423 e. The van der Waals surface area contributed by atoms with Gasteiger partial charge in [0.25, 0.3) is 0 Å². The first-order valence-electron chi connectivity index (χ1n) is 6.92. The van der Waals surface area contributed by atoms with Crippen molar-refractivity contribution in [3.8, 4) is 5.75 Å². The molecule has 2 rings (SSSR count). The highest BCUT2D eigenvalue weighted by Crippen LogP contribution is 2.12. The number of benzene rings is 2. The maximum Gasteiger partial charge on any atom is 0.488 e. The molecule has 2 N–H and O–H groups in total. The maximum atomic E-state index is 12.0. The highest BCUT2D eigenvalue weighted by Gasteiger charge is 2.12. The third-order valence-electron chi connectivity index (χ3n) is 3.18. The number of rotatable bonds is 6. The molecular weight excluding hydrogens is 295 g/mol. The highest BCUT2D eigenvalue weighted by molar-refractivity contribution is 6.58. The summed E-state index contributed by atoms with van der Waals surface area (Å²) in [5.41, 5.74) is 1.44. The predicted octanol–water partition coefficient (Wildman–Crippen LogP) is 0.883. The molecule has 0 aromatic heterocycles. The van der Waals surface area contributed by atoms with Gasteiger partial charge in [-0.25, -0.2) is 4.79 Å². The van der Waals surface area contributed by atoms with Gasteiger partial charge in [-0.3, -0.25) is 4.79 Å². The Balaban J connectivity index is 2.02. The SMILES string of the molecule is C=CC(=O)Cc1ccc(C(=O)Oc2ccc(B(O)O)cc2)cc1. The van der Waals surface area contributed by atoms with Crippen LogP contribution < -0.4 is 10.2 Å². The van der Waals surface area contributed by atoms with E-state index in [4.69, 9.17) is 14.8 Å². The van der Waals surface area contributed by atoms with Crippen LogP contribution in [0.2, 0.25) is 0 Å². The molecule has 0 aliphatic heterocycles. The molecule has 116 valence electrons. The quantitative estimate of drug-likeness (QED) is 0.358. The fourth-order valence-corrected chi connectivity index (χ4v) is 1.91. The van der Waals surface area contributed by atoms with Gasteiger partial charge in [0, 0.05) is 6.42 Å². The highest BCUT2D eigenvalue weighted by atomic mass is 16.5. The second-order valence-corrected chi connectivity index (χ2v) is 4.88. The Morgan fingerprint density at radius 2 is 1.65 bits per heavy atom. The molecule has 0 unspecified atom stereocenters. The lowest BCUT2D eigenvalue weighted by molar-refractivity contribution is -0.114. The number of ether oxygens (including phenoxy) is 1. The zero-order chi connectivity index (χ0) is 16.8. The van der Waals surface area contributed by atoms with Crippen molar-refractivity contribution in [1.82, 2.24) is 0 Å². The van der Waals surface area contributed by atoms with Crippen molar-refractivity contribution >= 4 is 24.3 Å². The number of esters is 1. The van der Waals surface area contributed by atoms with Crippen molar-refractivity contribution in [2.24, 2.45) is 0 Å². The summed E-state index contributed by atoms with van der Waals surface area (Å²) in [4.78, 5) is 23.3. The molecule has 6 heteroatoms. The number of carbonyl (C=O) groups excluding carboxylic acids is 2. The van der Waals surface area contributed by atoms with Crippen LogP contribution in [0.25, 0.3) is 0 Å². The lowest BCUT2D eigenvalue weighted by Crippen LogP contribution is -2.29. The van der Waals surface area contributed by atoms with Crippen molar-refractivity contribution in [1.29, 1.82) is 0 Å².